The van der Waals surface area contributed by atoms with Crippen LogP contribution in [0.3, 0.4) is 0 Å². The fourth-order valence-electron chi connectivity index (χ4n) is 4.66. The van der Waals surface area contributed by atoms with E-state index in [0.29, 0.717) is 0 Å². The zero-order valence-corrected chi connectivity index (χ0v) is 20.2. The van der Waals surface area contributed by atoms with Crippen LogP contribution in [0.15, 0.2) is 144 Å². The van der Waals surface area contributed by atoms with Gasteiger partial charge in [0, 0.05) is 4.47 Å². The van der Waals surface area contributed by atoms with E-state index in [0.717, 1.165) is 4.47 Å². The van der Waals surface area contributed by atoms with E-state index in [1.807, 2.05) is 0 Å². The molecular formula is C30H23BrSi. The average Bonchev–Trinajstić information content (AvgIpc) is 2.87. The quantitative estimate of drug-likeness (QED) is 0.225. The van der Waals surface area contributed by atoms with Crippen LogP contribution in [0.5, 0.6) is 0 Å². The van der Waals surface area contributed by atoms with Gasteiger partial charge in [0.15, 0.2) is 8.07 Å². The molecule has 5 rings (SSSR count). The molecule has 0 spiro atoms. The van der Waals surface area contributed by atoms with Crippen LogP contribution in [-0.2, 0) is 0 Å². The first kappa shape index (κ1) is 20.7. The van der Waals surface area contributed by atoms with Crippen molar-refractivity contribution in [2.24, 2.45) is 0 Å². The Morgan fingerprint density at radius 3 is 1.22 bits per heavy atom. The largest absolute Gasteiger partial charge is 0.179 e. The molecule has 154 valence electrons. The average molecular weight is 492 g/mol. The van der Waals surface area contributed by atoms with E-state index in [1.54, 1.807) is 0 Å². The summed E-state index contributed by atoms with van der Waals surface area (Å²) in [6, 6.07) is 50.6. The van der Waals surface area contributed by atoms with Crippen LogP contribution in [-0.4, -0.2) is 8.07 Å². The number of hydrogen-bond donors (Lipinski definition) is 0. The maximum Gasteiger partial charge on any atom is 0.179 e. The van der Waals surface area contributed by atoms with Crippen molar-refractivity contribution in [2.75, 3.05) is 0 Å². The standard InChI is InChI=1S/C30H23BrSi/c31-30-23-28(21-22-29(30)24-13-5-1-6-14-24)32(25-15-7-2-8-16-25,26-17-9-3-10-18-26)27-19-11-4-12-20-27/h1-23H. The summed E-state index contributed by atoms with van der Waals surface area (Å²) in [5.74, 6) is 0. The Labute approximate surface area is 199 Å². The Morgan fingerprint density at radius 2 is 0.812 bits per heavy atom. The van der Waals surface area contributed by atoms with Gasteiger partial charge in [0.2, 0.25) is 0 Å². The van der Waals surface area contributed by atoms with E-state index in [2.05, 4.69) is 155 Å². The fraction of sp³-hybridized carbons (Fsp3) is 0. The van der Waals surface area contributed by atoms with Gasteiger partial charge in [0.25, 0.3) is 0 Å². The van der Waals surface area contributed by atoms with Crippen LogP contribution in [0.2, 0.25) is 0 Å². The zero-order chi connectivity index (χ0) is 21.8. The Balaban J connectivity index is 1.82. The Hall–Kier alpha value is -3.20. The summed E-state index contributed by atoms with van der Waals surface area (Å²) in [7, 11) is -2.49. The topological polar surface area (TPSA) is 0 Å². The van der Waals surface area contributed by atoms with Crippen LogP contribution in [0, 0.1) is 0 Å². The molecule has 0 aliphatic rings. The summed E-state index contributed by atoms with van der Waals surface area (Å²) in [5, 5.41) is 5.53. The summed E-state index contributed by atoms with van der Waals surface area (Å²) in [6.07, 6.45) is 0. The van der Waals surface area contributed by atoms with Crippen LogP contribution in [0.25, 0.3) is 11.1 Å². The molecule has 32 heavy (non-hydrogen) atoms. The second-order valence-electron chi connectivity index (χ2n) is 7.91. The van der Waals surface area contributed by atoms with Gasteiger partial charge < -0.3 is 0 Å². The highest BCUT2D eigenvalue weighted by Crippen LogP contribution is 2.28. The van der Waals surface area contributed by atoms with Crippen molar-refractivity contribution in [3.63, 3.8) is 0 Å². The van der Waals surface area contributed by atoms with E-state index in [1.165, 1.54) is 31.9 Å². The molecule has 0 saturated carbocycles. The lowest BCUT2D eigenvalue weighted by Crippen LogP contribution is -2.74. The molecule has 0 aliphatic carbocycles. The van der Waals surface area contributed by atoms with Crippen molar-refractivity contribution in [3.8, 4) is 11.1 Å². The summed E-state index contributed by atoms with van der Waals surface area (Å²) < 4.78 is 1.13. The molecule has 0 amide bonds. The Morgan fingerprint density at radius 1 is 0.406 bits per heavy atom. The molecule has 0 aliphatic heterocycles. The minimum Gasteiger partial charge on any atom is -0.0623 e. The summed E-state index contributed by atoms with van der Waals surface area (Å²) >= 11 is 3.92. The first-order valence-electron chi connectivity index (χ1n) is 10.8. The smallest absolute Gasteiger partial charge is 0.0623 e. The molecule has 2 heteroatoms. The van der Waals surface area contributed by atoms with E-state index >= 15 is 0 Å². The first-order chi connectivity index (χ1) is 15.8. The van der Waals surface area contributed by atoms with Crippen molar-refractivity contribution < 1.29 is 0 Å². The van der Waals surface area contributed by atoms with Crippen LogP contribution in [0.1, 0.15) is 0 Å². The molecule has 5 aromatic carbocycles. The molecule has 0 heterocycles. The van der Waals surface area contributed by atoms with Crippen molar-refractivity contribution >= 4 is 44.8 Å². The molecule has 0 unspecified atom stereocenters. The lowest BCUT2D eigenvalue weighted by atomic mass is 10.1. The monoisotopic (exact) mass is 490 g/mol. The minimum absolute atomic E-state index is 1.13. The first-order valence-corrected chi connectivity index (χ1v) is 13.6. The third-order valence-corrected chi connectivity index (χ3v) is 11.5. The van der Waals surface area contributed by atoms with E-state index < -0.39 is 8.07 Å². The maximum atomic E-state index is 3.92. The molecule has 0 atom stereocenters. The molecule has 0 radical (unpaired) electrons. The third kappa shape index (κ3) is 3.66. The SMILES string of the molecule is Brc1cc([Si](c2ccccc2)(c2ccccc2)c2ccccc2)ccc1-c1ccccc1. The second kappa shape index (κ2) is 9.11. The van der Waals surface area contributed by atoms with Gasteiger partial charge in [-0.1, -0.05) is 149 Å². The molecule has 0 saturated heterocycles. The molecule has 0 fully saturated rings. The van der Waals surface area contributed by atoms with Gasteiger partial charge >= 0.3 is 0 Å². The van der Waals surface area contributed by atoms with Crippen LogP contribution in [0.4, 0.5) is 0 Å². The van der Waals surface area contributed by atoms with Crippen LogP contribution >= 0.6 is 15.9 Å². The number of rotatable bonds is 5. The predicted octanol–water partition coefficient (Wildman–Crippen LogP) is 5.49. The molecule has 0 aromatic heterocycles. The number of hydrogen-bond acceptors (Lipinski definition) is 0. The highest BCUT2D eigenvalue weighted by atomic mass is 79.9. The molecule has 0 N–H and O–H groups in total. The maximum absolute atomic E-state index is 3.92. The Kier molecular flexibility index (Phi) is 5.89. The van der Waals surface area contributed by atoms with Crippen molar-refractivity contribution in [3.05, 3.63) is 144 Å². The minimum atomic E-state index is -2.49. The third-order valence-electron chi connectivity index (χ3n) is 6.11. The Bertz CT molecular complexity index is 1200. The summed E-state index contributed by atoms with van der Waals surface area (Å²) in [4.78, 5) is 0. The zero-order valence-electron chi connectivity index (χ0n) is 17.7. The molecule has 5 aromatic rings. The van der Waals surface area contributed by atoms with Crippen molar-refractivity contribution in [2.45, 2.75) is 0 Å². The van der Waals surface area contributed by atoms with Crippen molar-refractivity contribution in [1.29, 1.82) is 0 Å². The highest BCUT2D eigenvalue weighted by molar-refractivity contribution is 9.10. The molecular weight excluding hydrogens is 468 g/mol. The molecule has 0 nitrogen and oxygen atoms in total. The van der Waals surface area contributed by atoms with Gasteiger partial charge in [0.05, 0.1) is 0 Å². The predicted molar refractivity (Wildman–Crippen MR) is 143 cm³/mol. The van der Waals surface area contributed by atoms with Gasteiger partial charge in [-0.3, -0.25) is 0 Å². The number of benzene rings is 5. The van der Waals surface area contributed by atoms with E-state index in [-0.39, 0.29) is 0 Å². The van der Waals surface area contributed by atoms with Crippen LogP contribution < -0.4 is 20.7 Å². The second-order valence-corrected chi connectivity index (χ2v) is 12.6. The van der Waals surface area contributed by atoms with Gasteiger partial charge in [-0.2, -0.15) is 0 Å². The lowest BCUT2D eigenvalue weighted by molar-refractivity contribution is 1.59. The van der Waals surface area contributed by atoms with Gasteiger partial charge in [0.1, 0.15) is 0 Å². The summed E-state index contributed by atoms with van der Waals surface area (Å²) in [6.45, 7) is 0. The van der Waals surface area contributed by atoms with Crippen molar-refractivity contribution in [1.82, 2.24) is 0 Å². The molecule has 0 bridgehead atoms. The van der Waals surface area contributed by atoms with E-state index in [9.17, 15) is 0 Å². The van der Waals surface area contributed by atoms with Gasteiger partial charge in [-0.05, 0) is 37.9 Å². The van der Waals surface area contributed by atoms with E-state index in [4.69, 9.17) is 0 Å². The normalized spacial score (nSPS) is 11.3. The number of halogens is 1. The lowest BCUT2D eigenvalue weighted by Gasteiger charge is -2.34. The van der Waals surface area contributed by atoms with Gasteiger partial charge in [-0.15, -0.1) is 0 Å². The highest BCUT2D eigenvalue weighted by Gasteiger charge is 2.41. The summed E-state index contributed by atoms with van der Waals surface area (Å²) in [5.41, 5.74) is 2.43. The van der Waals surface area contributed by atoms with Gasteiger partial charge in [-0.25, -0.2) is 0 Å². The fourth-order valence-corrected chi connectivity index (χ4v) is 10.3.